The van der Waals surface area contributed by atoms with E-state index in [9.17, 15) is 0 Å². The van der Waals surface area contributed by atoms with E-state index in [0.717, 1.165) is 28.6 Å². The molecule has 0 saturated heterocycles. The molecule has 1 N–H and O–H groups in total. The van der Waals surface area contributed by atoms with E-state index in [1.807, 2.05) is 6.07 Å². The van der Waals surface area contributed by atoms with Gasteiger partial charge in [0.1, 0.15) is 5.76 Å². The molecular formula is C11H16BrNO. The Hall–Kier alpha value is -0.280. The smallest absolute Gasteiger partial charge is 0.135 e. The summed E-state index contributed by atoms with van der Waals surface area (Å²) in [4.78, 5) is 0. The number of nitrogens with one attached hydrogen (secondary N) is 1. The summed E-state index contributed by atoms with van der Waals surface area (Å²) in [6.07, 6.45) is 3.06. The van der Waals surface area contributed by atoms with Crippen molar-refractivity contribution in [3.63, 3.8) is 0 Å². The van der Waals surface area contributed by atoms with Gasteiger partial charge in [-0.2, -0.15) is 0 Å². The molecule has 78 valence electrons. The summed E-state index contributed by atoms with van der Waals surface area (Å²) in [6.45, 7) is 5.42. The number of rotatable bonds is 4. The van der Waals surface area contributed by atoms with Crippen LogP contribution in [0.2, 0.25) is 0 Å². The SMILES string of the molecule is CCNC(c1occc1Br)C1CC1C. The Morgan fingerprint density at radius 2 is 2.43 bits per heavy atom. The molecule has 14 heavy (non-hydrogen) atoms. The van der Waals surface area contributed by atoms with Gasteiger partial charge >= 0.3 is 0 Å². The molecule has 1 aromatic heterocycles. The highest BCUT2D eigenvalue weighted by atomic mass is 79.9. The number of furan rings is 1. The predicted molar refractivity (Wildman–Crippen MR) is 60.1 cm³/mol. The first-order valence-corrected chi connectivity index (χ1v) is 5.99. The molecule has 1 saturated carbocycles. The Balaban J connectivity index is 2.14. The number of hydrogen-bond acceptors (Lipinski definition) is 2. The van der Waals surface area contributed by atoms with Crippen molar-refractivity contribution in [2.24, 2.45) is 11.8 Å². The van der Waals surface area contributed by atoms with E-state index in [-0.39, 0.29) is 0 Å². The first kappa shape index (κ1) is 10.2. The first-order valence-electron chi connectivity index (χ1n) is 5.20. The molecule has 1 fully saturated rings. The summed E-state index contributed by atoms with van der Waals surface area (Å²) in [5.41, 5.74) is 0. The maximum absolute atomic E-state index is 5.52. The molecule has 0 spiro atoms. The van der Waals surface area contributed by atoms with Crippen molar-refractivity contribution in [2.45, 2.75) is 26.3 Å². The Bertz CT molecular complexity index is 310. The van der Waals surface area contributed by atoms with Crippen LogP contribution in [0.1, 0.15) is 32.1 Å². The van der Waals surface area contributed by atoms with Crippen LogP contribution in [0.15, 0.2) is 21.2 Å². The van der Waals surface area contributed by atoms with E-state index < -0.39 is 0 Å². The average molecular weight is 258 g/mol. The molecule has 3 heteroatoms. The molecule has 0 amide bonds. The van der Waals surface area contributed by atoms with Gasteiger partial charge in [-0.05, 0) is 46.8 Å². The minimum Gasteiger partial charge on any atom is -0.466 e. The number of hydrogen-bond donors (Lipinski definition) is 1. The summed E-state index contributed by atoms with van der Waals surface area (Å²) in [7, 11) is 0. The van der Waals surface area contributed by atoms with Crippen LogP contribution in [0, 0.1) is 11.8 Å². The van der Waals surface area contributed by atoms with Crippen molar-refractivity contribution < 1.29 is 4.42 Å². The number of halogens is 1. The Morgan fingerprint density at radius 3 is 2.86 bits per heavy atom. The Labute approximate surface area is 93.2 Å². The third-order valence-electron chi connectivity index (χ3n) is 2.95. The zero-order valence-electron chi connectivity index (χ0n) is 8.59. The van der Waals surface area contributed by atoms with Crippen molar-refractivity contribution in [2.75, 3.05) is 6.54 Å². The van der Waals surface area contributed by atoms with E-state index >= 15 is 0 Å². The largest absolute Gasteiger partial charge is 0.466 e. The second-order valence-electron chi connectivity index (χ2n) is 4.04. The third kappa shape index (κ3) is 1.89. The van der Waals surface area contributed by atoms with Crippen molar-refractivity contribution in [3.05, 3.63) is 22.6 Å². The molecule has 2 nitrogen and oxygen atoms in total. The van der Waals surface area contributed by atoms with Crippen molar-refractivity contribution in [3.8, 4) is 0 Å². The van der Waals surface area contributed by atoms with Gasteiger partial charge < -0.3 is 9.73 Å². The molecule has 0 radical (unpaired) electrons. The van der Waals surface area contributed by atoms with Gasteiger partial charge in [-0.3, -0.25) is 0 Å². The van der Waals surface area contributed by atoms with Gasteiger partial charge in [-0.25, -0.2) is 0 Å². The lowest BCUT2D eigenvalue weighted by molar-refractivity contribution is 0.377. The van der Waals surface area contributed by atoms with Crippen LogP contribution >= 0.6 is 15.9 Å². The summed E-state index contributed by atoms with van der Waals surface area (Å²) in [5.74, 6) is 2.63. The fourth-order valence-electron chi connectivity index (χ4n) is 2.00. The molecule has 1 aromatic rings. The highest BCUT2D eigenvalue weighted by Crippen LogP contribution is 2.48. The van der Waals surface area contributed by atoms with Gasteiger partial charge in [-0.1, -0.05) is 13.8 Å². The van der Waals surface area contributed by atoms with Crippen molar-refractivity contribution >= 4 is 15.9 Å². The Kier molecular flexibility index (Phi) is 2.98. The van der Waals surface area contributed by atoms with Gasteiger partial charge in [0, 0.05) is 0 Å². The van der Waals surface area contributed by atoms with Gasteiger partial charge in [0.05, 0.1) is 16.8 Å². The van der Waals surface area contributed by atoms with Gasteiger partial charge in [0.15, 0.2) is 0 Å². The van der Waals surface area contributed by atoms with Gasteiger partial charge in [-0.15, -0.1) is 0 Å². The van der Waals surface area contributed by atoms with Crippen LogP contribution in [0.25, 0.3) is 0 Å². The van der Waals surface area contributed by atoms with Crippen LogP contribution in [0.4, 0.5) is 0 Å². The molecular weight excluding hydrogens is 242 g/mol. The van der Waals surface area contributed by atoms with E-state index in [1.165, 1.54) is 6.42 Å². The molecule has 2 rings (SSSR count). The molecule has 3 unspecified atom stereocenters. The quantitative estimate of drug-likeness (QED) is 0.895. The normalized spacial score (nSPS) is 27.6. The molecule has 0 aliphatic heterocycles. The van der Waals surface area contributed by atoms with Crippen molar-refractivity contribution in [1.82, 2.24) is 5.32 Å². The second kappa shape index (κ2) is 4.07. The fourth-order valence-corrected chi connectivity index (χ4v) is 2.45. The van der Waals surface area contributed by atoms with Crippen LogP contribution in [-0.2, 0) is 0 Å². The molecule has 1 heterocycles. The van der Waals surface area contributed by atoms with E-state index in [1.54, 1.807) is 6.26 Å². The third-order valence-corrected chi connectivity index (χ3v) is 3.61. The maximum atomic E-state index is 5.52. The first-order chi connectivity index (χ1) is 6.74. The van der Waals surface area contributed by atoms with Gasteiger partial charge in [0.25, 0.3) is 0 Å². The molecule has 3 atom stereocenters. The zero-order valence-corrected chi connectivity index (χ0v) is 10.2. The van der Waals surface area contributed by atoms with Crippen molar-refractivity contribution in [1.29, 1.82) is 0 Å². The fraction of sp³-hybridized carbons (Fsp3) is 0.636. The minimum atomic E-state index is 0.388. The lowest BCUT2D eigenvalue weighted by Gasteiger charge is -2.15. The summed E-state index contributed by atoms with van der Waals surface area (Å²) in [5, 5.41) is 3.49. The molecule has 1 aliphatic rings. The maximum Gasteiger partial charge on any atom is 0.135 e. The topological polar surface area (TPSA) is 25.2 Å². The monoisotopic (exact) mass is 257 g/mol. The molecule has 1 aliphatic carbocycles. The minimum absolute atomic E-state index is 0.388. The molecule has 0 aromatic carbocycles. The van der Waals surface area contributed by atoms with E-state index in [2.05, 4.69) is 35.1 Å². The van der Waals surface area contributed by atoms with Crippen LogP contribution < -0.4 is 5.32 Å². The summed E-state index contributed by atoms with van der Waals surface area (Å²) < 4.78 is 6.60. The second-order valence-corrected chi connectivity index (χ2v) is 4.90. The lowest BCUT2D eigenvalue weighted by Crippen LogP contribution is -2.23. The van der Waals surface area contributed by atoms with Crippen LogP contribution in [0.5, 0.6) is 0 Å². The lowest BCUT2D eigenvalue weighted by atomic mass is 10.1. The summed E-state index contributed by atoms with van der Waals surface area (Å²) in [6, 6.07) is 2.35. The van der Waals surface area contributed by atoms with E-state index in [4.69, 9.17) is 4.42 Å². The van der Waals surface area contributed by atoms with E-state index in [0.29, 0.717) is 6.04 Å². The van der Waals surface area contributed by atoms with Gasteiger partial charge in [0.2, 0.25) is 0 Å². The predicted octanol–water partition coefficient (Wildman–Crippen LogP) is 3.35. The standard InChI is InChI=1S/C11H16BrNO/c1-3-13-10(8-6-7(8)2)11-9(12)4-5-14-11/h4-5,7-8,10,13H,3,6H2,1-2H3. The van der Waals surface area contributed by atoms with Crippen LogP contribution in [0.3, 0.4) is 0 Å². The highest BCUT2D eigenvalue weighted by molar-refractivity contribution is 9.10. The molecule has 0 bridgehead atoms. The highest BCUT2D eigenvalue weighted by Gasteiger charge is 2.41. The zero-order chi connectivity index (χ0) is 10.1. The summed E-state index contributed by atoms with van der Waals surface area (Å²) >= 11 is 3.52. The van der Waals surface area contributed by atoms with Crippen LogP contribution in [-0.4, -0.2) is 6.54 Å². The average Bonchev–Trinajstić information content (AvgIpc) is 2.71. The Morgan fingerprint density at radius 1 is 1.71 bits per heavy atom.